The van der Waals surface area contributed by atoms with Crippen LogP contribution < -0.4 is 9.47 Å². The minimum atomic E-state index is -0.950. The van der Waals surface area contributed by atoms with Crippen molar-refractivity contribution in [3.8, 4) is 11.5 Å². The molecule has 1 aromatic rings. The lowest BCUT2D eigenvalue weighted by Gasteiger charge is -2.22. The first-order valence-electron chi connectivity index (χ1n) is 4.39. The summed E-state index contributed by atoms with van der Waals surface area (Å²) >= 11 is 0. The van der Waals surface area contributed by atoms with Crippen LogP contribution in [0.3, 0.4) is 0 Å². The normalized spacial score (nSPS) is 12.3. The summed E-state index contributed by atoms with van der Waals surface area (Å²) in [5.74, 6) is 0.274. The lowest BCUT2D eigenvalue weighted by molar-refractivity contribution is -0.130. The van der Waals surface area contributed by atoms with E-state index in [1.165, 1.54) is 7.11 Å². The Kier molecular flexibility index (Phi) is 2.11. The SMILES string of the molecule is COc1ccc(OC)c2c1C=C2C(=O)O. The highest BCUT2D eigenvalue weighted by Crippen LogP contribution is 2.44. The summed E-state index contributed by atoms with van der Waals surface area (Å²) in [7, 11) is 3.06. The van der Waals surface area contributed by atoms with Crippen LogP contribution in [0.4, 0.5) is 0 Å². The molecule has 4 heteroatoms. The Labute approximate surface area is 86.7 Å². The number of fused-ring (bicyclic) bond motifs is 1. The van der Waals surface area contributed by atoms with Crippen LogP contribution in [0.25, 0.3) is 11.6 Å². The Morgan fingerprint density at radius 3 is 2.33 bits per heavy atom. The first kappa shape index (κ1) is 9.58. The van der Waals surface area contributed by atoms with Crippen LogP contribution in [0.15, 0.2) is 12.1 Å². The minimum Gasteiger partial charge on any atom is -0.496 e. The molecule has 0 saturated carbocycles. The molecule has 1 aliphatic rings. The Bertz CT molecular complexity index is 460. The van der Waals surface area contributed by atoms with Gasteiger partial charge in [0.2, 0.25) is 0 Å². The molecule has 0 saturated heterocycles. The standard InChI is InChI=1S/C11H10O4/c1-14-8-3-4-9(15-2)10-6(8)5-7(10)11(12)13/h3-5H,1-2H3,(H,12,13). The summed E-state index contributed by atoms with van der Waals surface area (Å²) in [6.07, 6.45) is 1.58. The topological polar surface area (TPSA) is 55.8 Å². The largest absolute Gasteiger partial charge is 0.496 e. The van der Waals surface area contributed by atoms with E-state index in [4.69, 9.17) is 14.6 Å². The molecule has 0 aliphatic heterocycles. The summed E-state index contributed by atoms with van der Waals surface area (Å²) in [5, 5.41) is 8.90. The first-order valence-corrected chi connectivity index (χ1v) is 4.39. The van der Waals surface area contributed by atoms with E-state index in [1.54, 1.807) is 25.3 Å². The zero-order valence-electron chi connectivity index (χ0n) is 8.40. The van der Waals surface area contributed by atoms with Gasteiger partial charge in [-0.2, -0.15) is 0 Å². The number of rotatable bonds is 3. The van der Waals surface area contributed by atoms with Crippen LogP contribution in [-0.2, 0) is 4.79 Å². The summed E-state index contributed by atoms with van der Waals surface area (Å²) < 4.78 is 10.2. The van der Waals surface area contributed by atoms with Gasteiger partial charge >= 0.3 is 5.97 Å². The van der Waals surface area contributed by atoms with Crippen molar-refractivity contribution < 1.29 is 19.4 Å². The molecular formula is C11H10O4. The highest BCUT2D eigenvalue weighted by Gasteiger charge is 2.29. The zero-order chi connectivity index (χ0) is 11.0. The van der Waals surface area contributed by atoms with Gasteiger partial charge in [-0.25, -0.2) is 4.79 Å². The van der Waals surface area contributed by atoms with E-state index in [1.807, 2.05) is 0 Å². The van der Waals surface area contributed by atoms with Crippen molar-refractivity contribution in [2.24, 2.45) is 0 Å². The fourth-order valence-corrected chi connectivity index (χ4v) is 1.66. The fourth-order valence-electron chi connectivity index (χ4n) is 1.66. The van der Waals surface area contributed by atoms with Crippen molar-refractivity contribution in [1.82, 2.24) is 0 Å². The maximum atomic E-state index is 10.8. The molecule has 0 amide bonds. The van der Waals surface area contributed by atoms with Gasteiger partial charge in [-0.15, -0.1) is 0 Å². The highest BCUT2D eigenvalue weighted by molar-refractivity contribution is 6.28. The number of carbonyl (C=O) groups is 1. The molecule has 0 atom stereocenters. The molecule has 1 N–H and O–H groups in total. The molecule has 0 radical (unpaired) electrons. The van der Waals surface area contributed by atoms with Crippen LogP contribution in [0.1, 0.15) is 11.1 Å². The van der Waals surface area contributed by atoms with E-state index in [2.05, 4.69) is 0 Å². The zero-order valence-corrected chi connectivity index (χ0v) is 8.40. The van der Waals surface area contributed by atoms with Crippen molar-refractivity contribution in [3.05, 3.63) is 23.3 Å². The van der Waals surface area contributed by atoms with Crippen LogP contribution in [0, 0.1) is 0 Å². The summed E-state index contributed by atoms with van der Waals surface area (Å²) in [5.41, 5.74) is 1.67. The molecular weight excluding hydrogens is 196 g/mol. The van der Waals surface area contributed by atoms with Gasteiger partial charge in [-0.3, -0.25) is 0 Å². The number of aliphatic carboxylic acids is 1. The molecule has 0 fully saturated rings. The van der Waals surface area contributed by atoms with E-state index in [9.17, 15) is 4.79 Å². The molecule has 1 aliphatic carbocycles. The maximum Gasteiger partial charge on any atom is 0.336 e. The van der Waals surface area contributed by atoms with Gasteiger partial charge in [0.05, 0.1) is 19.8 Å². The van der Waals surface area contributed by atoms with Crippen molar-refractivity contribution >= 4 is 17.6 Å². The molecule has 0 aromatic heterocycles. The molecule has 0 spiro atoms. The Balaban J connectivity index is 2.54. The van der Waals surface area contributed by atoms with Crippen molar-refractivity contribution in [1.29, 1.82) is 0 Å². The first-order chi connectivity index (χ1) is 7.19. The molecule has 0 unspecified atom stereocenters. The molecule has 0 bridgehead atoms. The predicted octanol–water partition coefficient (Wildman–Crippen LogP) is 1.64. The number of benzene rings is 1. The molecule has 15 heavy (non-hydrogen) atoms. The number of carboxylic acid groups (broad SMARTS) is 1. The average molecular weight is 206 g/mol. The van der Waals surface area contributed by atoms with Gasteiger partial charge < -0.3 is 14.6 Å². The van der Waals surface area contributed by atoms with Crippen molar-refractivity contribution in [2.75, 3.05) is 14.2 Å². The Morgan fingerprint density at radius 2 is 1.80 bits per heavy atom. The maximum absolute atomic E-state index is 10.8. The van der Waals surface area contributed by atoms with Crippen LogP contribution in [0.5, 0.6) is 11.5 Å². The van der Waals surface area contributed by atoms with E-state index in [-0.39, 0.29) is 5.57 Å². The van der Waals surface area contributed by atoms with Gasteiger partial charge in [0.15, 0.2) is 0 Å². The van der Waals surface area contributed by atoms with Crippen molar-refractivity contribution in [2.45, 2.75) is 0 Å². The van der Waals surface area contributed by atoms with Gasteiger partial charge in [-0.05, 0) is 18.2 Å². The fraction of sp³-hybridized carbons (Fsp3) is 0.182. The molecule has 78 valence electrons. The van der Waals surface area contributed by atoms with E-state index in [0.29, 0.717) is 17.1 Å². The van der Waals surface area contributed by atoms with Gasteiger partial charge in [-0.1, -0.05) is 0 Å². The summed E-state index contributed by atoms with van der Waals surface area (Å²) in [4.78, 5) is 10.8. The number of methoxy groups -OCH3 is 2. The Hall–Kier alpha value is -1.97. The van der Waals surface area contributed by atoms with Gasteiger partial charge in [0.1, 0.15) is 11.5 Å². The molecule has 4 nitrogen and oxygen atoms in total. The van der Waals surface area contributed by atoms with E-state index < -0.39 is 5.97 Å². The quantitative estimate of drug-likeness (QED) is 0.816. The second kappa shape index (κ2) is 3.31. The van der Waals surface area contributed by atoms with Crippen molar-refractivity contribution in [3.63, 3.8) is 0 Å². The summed E-state index contributed by atoms with van der Waals surface area (Å²) in [6.45, 7) is 0. The Morgan fingerprint density at radius 1 is 1.20 bits per heavy atom. The van der Waals surface area contributed by atoms with Crippen LogP contribution >= 0.6 is 0 Å². The molecule has 2 rings (SSSR count). The second-order valence-electron chi connectivity index (χ2n) is 3.12. The number of hydrogen-bond donors (Lipinski definition) is 1. The van der Waals surface area contributed by atoms with Gasteiger partial charge in [0, 0.05) is 11.1 Å². The highest BCUT2D eigenvalue weighted by atomic mass is 16.5. The predicted molar refractivity (Wildman–Crippen MR) is 55.1 cm³/mol. The third kappa shape index (κ3) is 1.26. The summed E-state index contributed by atoms with van der Waals surface area (Å²) in [6, 6.07) is 3.46. The number of ether oxygens (including phenoxy) is 2. The third-order valence-electron chi connectivity index (χ3n) is 2.40. The smallest absolute Gasteiger partial charge is 0.336 e. The second-order valence-corrected chi connectivity index (χ2v) is 3.12. The van der Waals surface area contributed by atoms with E-state index >= 15 is 0 Å². The monoisotopic (exact) mass is 206 g/mol. The molecule has 0 heterocycles. The lowest BCUT2D eigenvalue weighted by atomic mass is 9.87. The minimum absolute atomic E-state index is 0.265. The molecule has 1 aromatic carbocycles. The lowest BCUT2D eigenvalue weighted by Crippen LogP contribution is -2.11. The average Bonchev–Trinajstić information content (AvgIpc) is 2.17. The number of carboxylic acids is 1. The van der Waals surface area contributed by atoms with Gasteiger partial charge in [0.25, 0.3) is 0 Å². The third-order valence-corrected chi connectivity index (χ3v) is 2.40. The van der Waals surface area contributed by atoms with Crippen LogP contribution in [0.2, 0.25) is 0 Å². The van der Waals surface area contributed by atoms with E-state index in [0.717, 1.165) is 5.56 Å². The van der Waals surface area contributed by atoms with Crippen LogP contribution in [-0.4, -0.2) is 25.3 Å². The number of hydrogen-bond acceptors (Lipinski definition) is 3.